The average molecular weight is 188 g/mol. The van der Waals surface area contributed by atoms with E-state index in [4.69, 9.17) is 4.74 Å². The predicted molar refractivity (Wildman–Crippen MR) is 51.5 cm³/mol. The zero-order chi connectivity index (χ0) is 9.68. The number of ether oxygens (including phenoxy) is 1. The van der Waals surface area contributed by atoms with Gasteiger partial charge in [0.1, 0.15) is 6.23 Å². The number of hydrogen-bond donors (Lipinski definition) is 2. The van der Waals surface area contributed by atoms with Crippen molar-refractivity contribution in [2.75, 3.05) is 32.8 Å². The van der Waals surface area contributed by atoms with E-state index in [1.165, 1.54) is 0 Å². The standard InChI is InChI=1S/C9H20N2O2/c1-3-10-9(12)8(2)11-4-6-13-7-5-11/h8-10,12H,3-7H2,1-2H3. The van der Waals surface area contributed by atoms with E-state index in [-0.39, 0.29) is 6.04 Å². The number of hydrogen-bond acceptors (Lipinski definition) is 4. The van der Waals surface area contributed by atoms with Crippen LogP contribution in [-0.2, 0) is 4.74 Å². The number of aliphatic hydroxyl groups is 1. The Labute approximate surface area is 79.9 Å². The fourth-order valence-electron chi connectivity index (χ4n) is 1.56. The van der Waals surface area contributed by atoms with Crippen molar-refractivity contribution in [2.24, 2.45) is 0 Å². The molecule has 1 fully saturated rings. The number of rotatable bonds is 4. The second-order valence-electron chi connectivity index (χ2n) is 3.39. The Bertz CT molecular complexity index is 138. The Morgan fingerprint density at radius 3 is 2.62 bits per heavy atom. The maximum atomic E-state index is 9.68. The van der Waals surface area contributed by atoms with Crippen molar-refractivity contribution in [3.63, 3.8) is 0 Å². The van der Waals surface area contributed by atoms with Gasteiger partial charge in [0.25, 0.3) is 0 Å². The fraction of sp³-hybridized carbons (Fsp3) is 1.00. The van der Waals surface area contributed by atoms with Gasteiger partial charge >= 0.3 is 0 Å². The molecule has 1 heterocycles. The van der Waals surface area contributed by atoms with E-state index < -0.39 is 6.23 Å². The summed E-state index contributed by atoms with van der Waals surface area (Å²) >= 11 is 0. The minimum Gasteiger partial charge on any atom is -0.379 e. The third-order valence-electron chi connectivity index (χ3n) is 2.49. The van der Waals surface area contributed by atoms with E-state index in [2.05, 4.69) is 10.2 Å². The van der Waals surface area contributed by atoms with Crippen LogP contribution in [0.2, 0.25) is 0 Å². The average Bonchev–Trinajstić information content (AvgIpc) is 2.18. The van der Waals surface area contributed by atoms with Gasteiger partial charge in [0.15, 0.2) is 0 Å². The first-order chi connectivity index (χ1) is 6.25. The van der Waals surface area contributed by atoms with Crippen LogP contribution < -0.4 is 5.32 Å². The molecule has 0 aliphatic carbocycles. The van der Waals surface area contributed by atoms with Crippen molar-refractivity contribution in [2.45, 2.75) is 26.1 Å². The first-order valence-corrected chi connectivity index (χ1v) is 4.99. The topological polar surface area (TPSA) is 44.7 Å². The molecule has 1 aliphatic rings. The smallest absolute Gasteiger partial charge is 0.120 e. The van der Waals surface area contributed by atoms with Crippen molar-refractivity contribution in [3.05, 3.63) is 0 Å². The molecule has 4 nitrogen and oxygen atoms in total. The minimum absolute atomic E-state index is 0.170. The molecule has 2 atom stereocenters. The number of nitrogens with one attached hydrogen (secondary N) is 1. The van der Waals surface area contributed by atoms with E-state index in [1.54, 1.807) is 0 Å². The van der Waals surface area contributed by atoms with Crippen molar-refractivity contribution in [3.8, 4) is 0 Å². The highest BCUT2D eigenvalue weighted by Crippen LogP contribution is 2.05. The second-order valence-corrected chi connectivity index (χ2v) is 3.39. The summed E-state index contributed by atoms with van der Waals surface area (Å²) in [6.45, 7) is 8.24. The highest BCUT2D eigenvalue weighted by molar-refractivity contribution is 4.74. The zero-order valence-corrected chi connectivity index (χ0v) is 8.49. The molecule has 0 amide bonds. The third kappa shape index (κ3) is 3.23. The van der Waals surface area contributed by atoms with Gasteiger partial charge in [-0.1, -0.05) is 6.92 Å². The molecule has 4 heteroatoms. The van der Waals surface area contributed by atoms with Crippen LogP contribution in [0, 0.1) is 0 Å². The highest BCUT2D eigenvalue weighted by Gasteiger charge is 2.22. The molecule has 13 heavy (non-hydrogen) atoms. The molecule has 2 N–H and O–H groups in total. The van der Waals surface area contributed by atoms with Crippen LogP contribution >= 0.6 is 0 Å². The van der Waals surface area contributed by atoms with Crippen LogP contribution in [0.25, 0.3) is 0 Å². The summed E-state index contributed by atoms with van der Waals surface area (Å²) < 4.78 is 5.25. The van der Waals surface area contributed by atoms with Gasteiger partial charge in [-0.25, -0.2) is 0 Å². The van der Waals surface area contributed by atoms with Gasteiger partial charge in [-0.05, 0) is 13.5 Å². The number of morpholine rings is 1. The monoisotopic (exact) mass is 188 g/mol. The molecule has 78 valence electrons. The number of likely N-dealkylation sites (N-methyl/N-ethyl adjacent to an activating group) is 1. The van der Waals surface area contributed by atoms with Crippen LogP contribution in [0.15, 0.2) is 0 Å². The Balaban J connectivity index is 2.31. The Morgan fingerprint density at radius 1 is 1.46 bits per heavy atom. The fourth-order valence-corrected chi connectivity index (χ4v) is 1.56. The summed E-state index contributed by atoms with van der Waals surface area (Å²) in [7, 11) is 0. The van der Waals surface area contributed by atoms with E-state index in [0.29, 0.717) is 0 Å². The van der Waals surface area contributed by atoms with E-state index in [9.17, 15) is 5.11 Å². The molecule has 2 unspecified atom stereocenters. The predicted octanol–water partition coefficient (Wildman–Crippen LogP) is -0.365. The van der Waals surface area contributed by atoms with Gasteiger partial charge in [0.05, 0.1) is 13.2 Å². The molecule has 0 aromatic heterocycles. The molecule has 1 saturated heterocycles. The molecule has 0 aromatic carbocycles. The van der Waals surface area contributed by atoms with Crippen LogP contribution in [0.5, 0.6) is 0 Å². The maximum Gasteiger partial charge on any atom is 0.120 e. The summed E-state index contributed by atoms with van der Waals surface area (Å²) in [5.74, 6) is 0. The lowest BCUT2D eigenvalue weighted by Crippen LogP contribution is -2.52. The third-order valence-corrected chi connectivity index (χ3v) is 2.49. The SMILES string of the molecule is CCNC(O)C(C)N1CCOCC1. The summed E-state index contributed by atoms with van der Waals surface area (Å²) in [6, 6.07) is 0.170. The molecule has 0 saturated carbocycles. The Morgan fingerprint density at radius 2 is 2.08 bits per heavy atom. The van der Waals surface area contributed by atoms with Gasteiger partial charge in [-0.3, -0.25) is 10.2 Å². The molecule has 0 spiro atoms. The zero-order valence-electron chi connectivity index (χ0n) is 8.49. The van der Waals surface area contributed by atoms with Crippen LogP contribution in [0.4, 0.5) is 0 Å². The molecular formula is C9H20N2O2. The van der Waals surface area contributed by atoms with Gasteiger partial charge in [-0.2, -0.15) is 0 Å². The van der Waals surface area contributed by atoms with Gasteiger partial charge in [0.2, 0.25) is 0 Å². The number of nitrogens with zero attached hydrogens (tertiary/aromatic N) is 1. The van der Waals surface area contributed by atoms with Crippen LogP contribution in [-0.4, -0.2) is 55.1 Å². The lowest BCUT2D eigenvalue weighted by atomic mass is 10.2. The normalized spacial score (nSPS) is 24.2. The lowest BCUT2D eigenvalue weighted by Gasteiger charge is -2.34. The van der Waals surface area contributed by atoms with E-state index in [1.807, 2.05) is 13.8 Å². The lowest BCUT2D eigenvalue weighted by molar-refractivity contribution is -0.0245. The summed E-state index contributed by atoms with van der Waals surface area (Å²) in [6.07, 6.45) is -0.428. The second kappa shape index (κ2) is 5.54. The molecular weight excluding hydrogens is 168 g/mol. The van der Waals surface area contributed by atoms with Gasteiger partial charge in [0, 0.05) is 19.1 Å². The number of aliphatic hydroxyl groups excluding tert-OH is 1. The van der Waals surface area contributed by atoms with Crippen molar-refractivity contribution in [1.82, 2.24) is 10.2 Å². The maximum absolute atomic E-state index is 9.68. The molecule has 0 radical (unpaired) electrons. The summed E-state index contributed by atoms with van der Waals surface area (Å²) in [5, 5.41) is 12.7. The van der Waals surface area contributed by atoms with E-state index in [0.717, 1.165) is 32.8 Å². The van der Waals surface area contributed by atoms with Gasteiger partial charge < -0.3 is 9.84 Å². The summed E-state index contributed by atoms with van der Waals surface area (Å²) in [5.41, 5.74) is 0. The Kier molecular flexibility index (Phi) is 4.66. The molecule has 1 aliphatic heterocycles. The van der Waals surface area contributed by atoms with Crippen molar-refractivity contribution >= 4 is 0 Å². The largest absolute Gasteiger partial charge is 0.379 e. The highest BCUT2D eigenvalue weighted by atomic mass is 16.5. The minimum atomic E-state index is -0.428. The first-order valence-electron chi connectivity index (χ1n) is 4.99. The first kappa shape index (κ1) is 10.9. The molecule has 0 aromatic rings. The molecule has 0 bridgehead atoms. The Hall–Kier alpha value is -0.160. The quantitative estimate of drug-likeness (QED) is 0.591. The van der Waals surface area contributed by atoms with Crippen LogP contribution in [0.3, 0.4) is 0 Å². The van der Waals surface area contributed by atoms with Gasteiger partial charge in [-0.15, -0.1) is 0 Å². The van der Waals surface area contributed by atoms with Crippen molar-refractivity contribution in [1.29, 1.82) is 0 Å². The van der Waals surface area contributed by atoms with Crippen LogP contribution in [0.1, 0.15) is 13.8 Å². The van der Waals surface area contributed by atoms with Crippen molar-refractivity contribution < 1.29 is 9.84 Å². The summed E-state index contributed by atoms with van der Waals surface area (Å²) in [4.78, 5) is 2.25. The van der Waals surface area contributed by atoms with E-state index >= 15 is 0 Å². The molecule has 1 rings (SSSR count).